The van der Waals surface area contributed by atoms with E-state index < -0.39 is 6.09 Å². The Morgan fingerprint density at radius 3 is 2.60 bits per heavy atom. The second-order valence-corrected chi connectivity index (χ2v) is 9.97. The predicted molar refractivity (Wildman–Crippen MR) is 161 cm³/mol. The Morgan fingerprint density at radius 2 is 1.85 bits per heavy atom. The summed E-state index contributed by atoms with van der Waals surface area (Å²) in [5.74, 6) is 1.35. The number of aryl methyl sites for hydroxylation is 1. The minimum Gasteiger partial charge on any atom is -0.491 e. The number of rotatable bonds is 5. The van der Waals surface area contributed by atoms with Crippen LogP contribution in [0, 0.1) is 0 Å². The van der Waals surface area contributed by atoms with Crippen molar-refractivity contribution in [2.24, 2.45) is 7.05 Å². The first-order valence-corrected chi connectivity index (χ1v) is 13.7. The van der Waals surface area contributed by atoms with Crippen molar-refractivity contribution in [2.75, 3.05) is 25.6 Å². The fourth-order valence-corrected chi connectivity index (χ4v) is 5.21. The van der Waals surface area contributed by atoms with Gasteiger partial charge in [0.1, 0.15) is 12.4 Å². The molecule has 0 saturated heterocycles. The second-order valence-electron chi connectivity index (χ2n) is 9.97. The van der Waals surface area contributed by atoms with Crippen molar-refractivity contribution in [3.63, 3.8) is 0 Å². The number of fused-ring (bicyclic) bond motifs is 2. The van der Waals surface area contributed by atoms with Crippen molar-refractivity contribution in [3.8, 4) is 16.9 Å². The molecular formula is C33H36N4O3. The third-order valence-electron chi connectivity index (χ3n) is 7.51. The number of imidazole rings is 1. The van der Waals surface area contributed by atoms with Gasteiger partial charge in [-0.05, 0) is 67.0 Å². The first-order chi connectivity index (χ1) is 19.4. The number of hydrogen-bond donors (Lipinski definition) is 1. The number of carbonyl (C=O) groups excluding carboxylic acids is 1. The smallest absolute Gasteiger partial charge is 0.413 e. The van der Waals surface area contributed by atoms with E-state index in [2.05, 4.69) is 96.7 Å². The lowest BCUT2D eigenvalue weighted by Gasteiger charge is -2.24. The van der Waals surface area contributed by atoms with Gasteiger partial charge in [-0.2, -0.15) is 0 Å². The maximum atomic E-state index is 11.7. The zero-order valence-electron chi connectivity index (χ0n) is 23.8. The molecule has 5 rings (SSSR count). The van der Waals surface area contributed by atoms with Crippen LogP contribution in [0.5, 0.6) is 5.75 Å². The third-order valence-corrected chi connectivity index (χ3v) is 7.51. The molecule has 0 bridgehead atoms. The maximum absolute atomic E-state index is 11.7. The minimum absolute atomic E-state index is 0.438. The Labute approximate surface area is 235 Å². The number of benzene rings is 3. The highest BCUT2D eigenvalue weighted by molar-refractivity contribution is 5.89. The zero-order chi connectivity index (χ0) is 28.2. The quantitative estimate of drug-likeness (QED) is 0.361. The number of methoxy groups -OCH3 is 1. The Hall–Kier alpha value is -4.52. The molecule has 2 heterocycles. The van der Waals surface area contributed by atoms with Gasteiger partial charge in [0.15, 0.2) is 0 Å². The molecular weight excluding hydrogens is 500 g/mol. The fraction of sp³-hybridized carbons (Fsp3) is 0.273. The van der Waals surface area contributed by atoms with Gasteiger partial charge >= 0.3 is 6.09 Å². The van der Waals surface area contributed by atoms with Crippen LogP contribution in [0.4, 0.5) is 10.7 Å². The van der Waals surface area contributed by atoms with Crippen LogP contribution < -0.4 is 20.5 Å². The second kappa shape index (κ2) is 11.7. The molecule has 0 spiro atoms. The number of carbonyl (C=O) groups is 1. The van der Waals surface area contributed by atoms with E-state index in [0.29, 0.717) is 12.6 Å². The lowest BCUT2D eigenvalue weighted by atomic mass is 10.0. The summed E-state index contributed by atoms with van der Waals surface area (Å²) in [6, 6.07) is 21.2. The average Bonchev–Trinajstić information content (AvgIpc) is 3.14. The van der Waals surface area contributed by atoms with E-state index in [4.69, 9.17) is 9.47 Å². The number of nitrogens with zero attached hydrogens (tertiary/aromatic N) is 3. The Bertz CT molecular complexity index is 1720. The molecule has 1 aliphatic heterocycles. The molecule has 0 fully saturated rings. The van der Waals surface area contributed by atoms with Gasteiger partial charge in [-0.15, -0.1) is 0 Å². The van der Waals surface area contributed by atoms with Gasteiger partial charge in [0, 0.05) is 30.1 Å². The fourth-order valence-electron chi connectivity index (χ4n) is 5.21. The highest BCUT2D eigenvalue weighted by Gasteiger charge is 2.19. The van der Waals surface area contributed by atoms with Gasteiger partial charge in [-0.1, -0.05) is 55.0 Å². The molecule has 40 heavy (non-hydrogen) atoms. The van der Waals surface area contributed by atoms with Gasteiger partial charge in [0.2, 0.25) is 5.95 Å². The van der Waals surface area contributed by atoms with E-state index in [1.807, 2.05) is 23.7 Å². The summed E-state index contributed by atoms with van der Waals surface area (Å²) in [4.78, 5) is 18.8. The highest BCUT2D eigenvalue weighted by atomic mass is 16.5. The summed E-state index contributed by atoms with van der Waals surface area (Å²) in [5, 5.41) is 5.21. The highest BCUT2D eigenvalue weighted by Crippen LogP contribution is 2.32. The van der Waals surface area contributed by atoms with Crippen LogP contribution in [0.2, 0.25) is 0 Å². The van der Waals surface area contributed by atoms with Crippen LogP contribution in [-0.2, 0) is 18.3 Å². The molecule has 7 heteroatoms. The Morgan fingerprint density at radius 1 is 1.10 bits per heavy atom. The van der Waals surface area contributed by atoms with Crippen molar-refractivity contribution in [1.82, 2.24) is 14.5 Å². The van der Waals surface area contributed by atoms with E-state index in [1.54, 1.807) is 0 Å². The van der Waals surface area contributed by atoms with Crippen molar-refractivity contribution >= 4 is 34.3 Å². The molecule has 1 aliphatic rings. The minimum atomic E-state index is -0.548. The van der Waals surface area contributed by atoms with Crippen LogP contribution in [0.25, 0.3) is 33.4 Å². The topological polar surface area (TPSA) is 68.6 Å². The van der Waals surface area contributed by atoms with Crippen LogP contribution in [0.3, 0.4) is 0 Å². The zero-order valence-corrected chi connectivity index (χ0v) is 23.8. The van der Waals surface area contributed by atoms with Crippen LogP contribution >= 0.6 is 0 Å². The molecule has 1 N–H and O–H groups in total. The van der Waals surface area contributed by atoms with Gasteiger partial charge in [-0.3, -0.25) is 5.32 Å². The molecule has 0 saturated carbocycles. The van der Waals surface area contributed by atoms with E-state index in [-0.39, 0.29) is 0 Å². The van der Waals surface area contributed by atoms with E-state index in [0.717, 1.165) is 53.0 Å². The molecule has 1 aromatic heterocycles. The molecule has 0 aliphatic carbocycles. The molecule has 0 radical (unpaired) electrons. The number of hydrogen-bond acceptors (Lipinski definition) is 5. The number of anilines is 1. The number of ether oxygens (including phenoxy) is 2. The van der Waals surface area contributed by atoms with Crippen molar-refractivity contribution in [2.45, 2.75) is 33.7 Å². The summed E-state index contributed by atoms with van der Waals surface area (Å²) in [6.07, 6.45) is 4.79. The van der Waals surface area contributed by atoms with Crippen molar-refractivity contribution < 1.29 is 14.3 Å². The Kier molecular flexibility index (Phi) is 7.91. The maximum Gasteiger partial charge on any atom is 0.413 e. The molecule has 0 unspecified atom stereocenters. The summed E-state index contributed by atoms with van der Waals surface area (Å²) in [6.45, 7) is 8.63. The average molecular weight is 537 g/mol. The van der Waals surface area contributed by atoms with Gasteiger partial charge in [0.25, 0.3) is 0 Å². The van der Waals surface area contributed by atoms with E-state index in [1.165, 1.54) is 28.8 Å². The SMILES string of the molecule is CC=CC(=c1ccccc1=C(C)CC)N1CCOc2ccc(-c3ccc4c(c3)nc(NC(=O)OC)n4C)cc2C1. The standard InChI is InChI=1S/C33H36N4O3/c1-6-10-29(27-12-9-8-11-26(27)22(3)7-2)37-17-18-40-31-16-14-23(19-25(31)21-37)24-13-15-30-28(20-24)34-32(36(30)4)35-33(38)39-5/h6,8-16,19-20H,7,17-18,21H2,1-5H3,(H,34,35,38). The lowest BCUT2D eigenvalue weighted by Crippen LogP contribution is -2.35. The summed E-state index contributed by atoms with van der Waals surface area (Å²) in [7, 11) is 3.20. The number of allylic oxidation sites excluding steroid dienone is 1. The van der Waals surface area contributed by atoms with Crippen molar-refractivity contribution in [3.05, 3.63) is 88.8 Å². The first-order valence-electron chi connectivity index (χ1n) is 13.7. The molecule has 4 aromatic rings. The van der Waals surface area contributed by atoms with Gasteiger partial charge in [0.05, 0.1) is 24.7 Å². The normalized spacial score (nSPS) is 14.9. The van der Waals surface area contributed by atoms with Crippen LogP contribution in [-0.4, -0.2) is 40.8 Å². The molecule has 206 valence electrons. The van der Waals surface area contributed by atoms with E-state index >= 15 is 0 Å². The largest absolute Gasteiger partial charge is 0.491 e. The molecule has 3 aromatic carbocycles. The van der Waals surface area contributed by atoms with E-state index in [9.17, 15) is 4.79 Å². The third kappa shape index (κ3) is 5.32. The summed E-state index contributed by atoms with van der Waals surface area (Å²) < 4.78 is 12.8. The molecule has 1 amide bonds. The van der Waals surface area contributed by atoms with Gasteiger partial charge in [-0.25, -0.2) is 9.78 Å². The monoisotopic (exact) mass is 536 g/mol. The summed E-state index contributed by atoms with van der Waals surface area (Å²) >= 11 is 0. The van der Waals surface area contributed by atoms with Crippen LogP contribution in [0.1, 0.15) is 32.8 Å². The molecule has 7 nitrogen and oxygen atoms in total. The Balaban J connectivity index is 1.55. The summed E-state index contributed by atoms with van der Waals surface area (Å²) in [5.41, 5.74) is 7.56. The van der Waals surface area contributed by atoms with Crippen molar-refractivity contribution in [1.29, 1.82) is 0 Å². The first kappa shape index (κ1) is 27.1. The molecule has 0 atom stereocenters. The lowest BCUT2D eigenvalue weighted by molar-refractivity contribution is 0.186. The predicted octanol–water partition coefficient (Wildman–Crippen LogP) is 5.58. The number of aromatic nitrogens is 2. The van der Waals surface area contributed by atoms with Gasteiger partial charge < -0.3 is 18.9 Å². The number of nitrogens with one attached hydrogen (secondary N) is 1. The number of amides is 1. The van der Waals surface area contributed by atoms with Crippen LogP contribution in [0.15, 0.2) is 72.8 Å².